The molecule has 0 spiro atoms. The molecule has 0 saturated carbocycles. The Morgan fingerprint density at radius 3 is 2.11 bits per heavy atom. The van der Waals surface area contributed by atoms with Gasteiger partial charge in [0.2, 0.25) is 0 Å². The Morgan fingerprint density at radius 2 is 1.56 bits per heavy atom. The fourth-order valence-electron chi connectivity index (χ4n) is 1.87. The van der Waals surface area contributed by atoms with Gasteiger partial charge >= 0.3 is 0 Å². The molecular weight excluding hydrogens is 295 g/mol. The molecule has 0 bridgehead atoms. The van der Waals surface area contributed by atoms with E-state index >= 15 is 0 Å². The highest BCUT2D eigenvalue weighted by Crippen LogP contribution is 2.26. The lowest BCUT2D eigenvalue weighted by atomic mass is 9.98. The van der Waals surface area contributed by atoms with Crippen LogP contribution in [0.3, 0.4) is 0 Å². The van der Waals surface area contributed by atoms with E-state index in [1.807, 2.05) is 25.1 Å². The Kier molecular flexibility index (Phi) is 3.83. The Balaban J connectivity index is 2.37. The van der Waals surface area contributed by atoms with Crippen molar-refractivity contribution < 1.29 is 9.50 Å². The van der Waals surface area contributed by atoms with Crippen LogP contribution in [0.4, 0.5) is 4.39 Å². The van der Waals surface area contributed by atoms with Crippen LogP contribution in [0.25, 0.3) is 0 Å². The van der Waals surface area contributed by atoms with Gasteiger partial charge in [0.25, 0.3) is 0 Å². The van der Waals surface area contributed by atoms with E-state index in [2.05, 4.69) is 15.9 Å². The maximum atomic E-state index is 13.2. The number of hydrogen-bond donors (Lipinski definition) is 1. The van der Waals surface area contributed by atoms with Gasteiger partial charge < -0.3 is 5.11 Å². The lowest BCUT2D eigenvalue weighted by Crippen LogP contribution is -2.01. The Hall–Kier alpha value is -1.19. The summed E-state index contributed by atoms with van der Waals surface area (Å²) in [6.45, 7) is 3.66. The highest BCUT2D eigenvalue weighted by Gasteiger charge is 2.12. The smallest absolute Gasteiger partial charge is 0.126 e. The molecule has 2 aromatic rings. The van der Waals surface area contributed by atoms with Crippen LogP contribution in [0.15, 0.2) is 40.9 Å². The topological polar surface area (TPSA) is 20.2 Å². The zero-order valence-electron chi connectivity index (χ0n) is 10.2. The molecule has 3 heteroatoms. The molecular formula is C15H14BrFO. The molecule has 1 unspecified atom stereocenters. The first-order chi connectivity index (χ1) is 8.49. The van der Waals surface area contributed by atoms with E-state index < -0.39 is 6.10 Å². The molecule has 0 amide bonds. The number of aliphatic hydroxyl groups excluding tert-OH is 1. The van der Waals surface area contributed by atoms with Gasteiger partial charge in [-0.1, -0.05) is 40.2 Å². The molecule has 2 rings (SSSR count). The summed E-state index contributed by atoms with van der Waals surface area (Å²) in [5, 5.41) is 10.3. The van der Waals surface area contributed by atoms with Crippen molar-refractivity contribution in [1.82, 2.24) is 0 Å². The summed E-state index contributed by atoms with van der Waals surface area (Å²) in [5.74, 6) is -0.252. The van der Waals surface area contributed by atoms with E-state index in [0.717, 1.165) is 15.6 Å². The predicted molar refractivity (Wildman–Crippen MR) is 74.1 cm³/mol. The molecule has 0 radical (unpaired) electrons. The zero-order valence-corrected chi connectivity index (χ0v) is 11.8. The van der Waals surface area contributed by atoms with Crippen molar-refractivity contribution in [3.05, 3.63) is 68.9 Å². The first kappa shape index (κ1) is 13.2. The standard InChI is InChI=1S/C15H14BrFO/c1-9-7-11(3-5-13(9)16)15(18)12-4-6-14(17)10(2)8-12/h3-8,15,18H,1-2H3. The van der Waals surface area contributed by atoms with Crippen molar-refractivity contribution in [1.29, 1.82) is 0 Å². The third-order valence-electron chi connectivity index (χ3n) is 3.00. The van der Waals surface area contributed by atoms with E-state index in [4.69, 9.17) is 0 Å². The first-order valence-electron chi connectivity index (χ1n) is 5.69. The quantitative estimate of drug-likeness (QED) is 0.877. The van der Waals surface area contributed by atoms with Crippen molar-refractivity contribution in [3.8, 4) is 0 Å². The molecule has 1 nitrogen and oxygen atoms in total. The Morgan fingerprint density at radius 1 is 1.00 bits per heavy atom. The van der Waals surface area contributed by atoms with Crippen LogP contribution >= 0.6 is 15.9 Å². The summed E-state index contributed by atoms with van der Waals surface area (Å²) in [6, 6.07) is 10.4. The normalized spacial score (nSPS) is 12.5. The highest BCUT2D eigenvalue weighted by atomic mass is 79.9. The van der Waals surface area contributed by atoms with Crippen molar-refractivity contribution in [3.63, 3.8) is 0 Å². The average Bonchev–Trinajstić information content (AvgIpc) is 2.35. The monoisotopic (exact) mass is 308 g/mol. The van der Waals surface area contributed by atoms with Crippen LogP contribution in [0.5, 0.6) is 0 Å². The number of rotatable bonds is 2. The molecule has 18 heavy (non-hydrogen) atoms. The maximum absolute atomic E-state index is 13.2. The fraction of sp³-hybridized carbons (Fsp3) is 0.200. The third kappa shape index (κ3) is 2.62. The number of aliphatic hydroxyl groups is 1. The average molecular weight is 309 g/mol. The molecule has 0 saturated heterocycles. The summed E-state index contributed by atoms with van der Waals surface area (Å²) in [7, 11) is 0. The van der Waals surface area contributed by atoms with Crippen LogP contribution in [-0.2, 0) is 0 Å². The van der Waals surface area contributed by atoms with E-state index in [-0.39, 0.29) is 5.82 Å². The lowest BCUT2D eigenvalue weighted by Gasteiger charge is -2.13. The van der Waals surface area contributed by atoms with Gasteiger partial charge in [-0.3, -0.25) is 0 Å². The molecule has 0 fully saturated rings. The third-order valence-corrected chi connectivity index (χ3v) is 3.89. The molecule has 0 aliphatic carbocycles. The van der Waals surface area contributed by atoms with E-state index in [1.165, 1.54) is 6.07 Å². The van der Waals surface area contributed by atoms with Gasteiger partial charge in [0.1, 0.15) is 11.9 Å². The Bertz CT molecular complexity index is 529. The van der Waals surface area contributed by atoms with Gasteiger partial charge in [-0.2, -0.15) is 0 Å². The number of benzene rings is 2. The van der Waals surface area contributed by atoms with E-state index in [1.54, 1.807) is 19.1 Å². The molecule has 0 aliphatic heterocycles. The van der Waals surface area contributed by atoms with Gasteiger partial charge in [0.05, 0.1) is 0 Å². The van der Waals surface area contributed by atoms with Gasteiger partial charge in [-0.05, 0) is 48.2 Å². The van der Waals surface area contributed by atoms with Crippen LogP contribution in [-0.4, -0.2) is 5.11 Å². The first-order valence-corrected chi connectivity index (χ1v) is 6.48. The van der Waals surface area contributed by atoms with Crippen molar-refractivity contribution in [2.24, 2.45) is 0 Å². The summed E-state index contributed by atoms with van der Waals surface area (Å²) >= 11 is 3.42. The zero-order chi connectivity index (χ0) is 13.3. The predicted octanol–water partition coefficient (Wildman–Crippen LogP) is 4.29. The van der Waals surface area contributed by atoms with Crippen LogP contribution in [0.2, 0.25) is 0 Å². The molecule has 1 N–H and O–H groups in total. The molecule has 0 aromatic heterocycles. The minimum atomic E-state index is -0.726. The van der Waals surface area contributed by atoms with Crippen LogP contribution < -0.4 is 0 Å². The lowest BCUT2D eigenvalue weighted by molar-refractivity contribution is 0.220. The second kappa shape index (κ2) is 5.21. The number of aryl methyl sites for hydroxylation is 2. The van der Waals surface area contributed by atoms with Crippen LogP contribution in [0, 0.1) is 19.7 Å². The van der Waals surface area contributed by atoms with Gasteiger partial charge in [0.15, 0.2) is 0 Å². The summed E-state index contributed by atoms with van der Waals surface area (Å²) in [6.07, 6.45) is -0.726. The van der Waals surface area contributed by atoms with Gasteiger partial charge in [0, 0.05) is 4.47 Å². The van der Waals surface area contributed by atoms with Crippen molar-refractivity contribution in [2.45, 2.75) is 20.0 Å². The fourth-order valence-corrected chi connectivity index (χ4v) is 2.12. The maximum Gasteiger partial charge on any atom is 0.126 e. The molecule has 0 aliphatic rings. The SMILES string of the molecule is Cc1cc(C(O)c2ccc(Br)c(C)c2)ccc1F. The summed E-state index contributed by atoms with van der Waals surface area (Å²) in [5.41, 5.74) is 3.11. The minimum absolute atomic E-state index is 0.252. The highest BCUT2D eigenvalue weighted by molar-refractivity contribution is 9.10. The molecule has 2 aromatic carbocycles. The summed E-state index contributed by atoms with van der Waals surface area (Å²) in [4.78, 5) is 0. The van der Waals surface area contributed by atoms with E-state index in [0.29, 0.717) is 11.1 Å². The van der Waals surface area contributed by atoms with Crippen molar-refractivity contribution in [2.75, 3.05) is 0 Å². The molecule has 1 atom stereocenters. The second-order valence-corrected chi connectivity index (χ2v) is 5.27. The largest absolute Gasteiger partial charge is 0.384 e. The number of halogens is 2. The number of hydrogen-bond acceptors (Lipinski definition) is 1. The molecule has 0 heterocycles. The van der Waals surface area contributed by atoms with Gasteiger partial charge in [-0.15, -0.1) is 0 Å². The second-order valence-electron chi connectivity index (χ2n) is 4.42. The molecule has 94 valence electrons. The minimum Gasteiger partial charge on any atom is -0.384 e. The van der Waals surface area contributed by atoms with Gasteiger partial charge in [-0.25, -0.2) is 4.39 Å². The van der Waals surface area contributed by atoms with E-state index in [9.17, 15) is 9.50 Å². The van der Waals surface area contributed by atoms with Crippen molar-refractivity contribution >= 4 is 15.9 Å². The summed E-state index contributed by atoms with van der Waals surface area (Å²) < 4.78 is 14.2. The Labute approximate surface area is 114 Å². The van der Waals surface area contributed by atoms with Crippen LogP contribution in [0.1, 0.15) is 28.4 Å².